The lowest BCUT2D eigenvalue weighted by Crippen LogP contribution is -2.52. The van der Waals surface area contributed by atoms with E-state index in [0.717, 1.165) is 24.9 Å². The SMILES string of the molecule is CC(=O)N1c2ccc(C3CNN(CCS(C)(=O)=O)C3)cc2N(C(=O)OC2CCCNC2)C[C@@H]1C. The molecule has 0 aromatic heterocycles. The Morgan fingerprint density at radius 3 is 2.65 bits per heavy atom. The van der Waals surface area contributed by atoms with E-state index in [1.54, 1.807) is 9.80 Å². The van der Waals surface area contributed by atoms with Crippen LogP contribution in [0.15, 0.2) is 18.2 Å². The highest BCUT2D eigenvalue weighted by Crippen LogP contribution is 2.39. The Balaban J connectivity index is 1.56. The summed E-state index contributed by atoms with van der Waals surface area (Å²) in [6.07, 6.45) is 2.50. The van der Waals surface area contributed by atoms with E-state index < -0.39 is 9.84 Å². The minimum Gasteiger partial charge on any atom is -0.444 e. The van der Waals surface area contributed by atoms with Crippen molar-refractivity contribution in [2.75, 3.05) is 61.1 Å². The zero-order valence-electron chi connectivity index (χ0n) is 20.1. The van der Waals surface area contributed by atoms with Crippen molar-refractivity contribution in [1.82, 2.24) is 15.8 Å². The van der Waals surface area contributed by atoms with Gasteiger partial charge in [0, 0.05) is 51.8 Å². The van der Waals surface area contributed by atoms with Crippen LogP contribution in [0.5, 0.6) is 0 Å². The van der Waals surface area contributed by atoms with Gasteiger partial charge < -0.3 is 15.0 Å². The monoisotopic (exact) mass is 493 g/mol. The minimum absolute atomic E-state index is 0.0690. The number of rotatable bonds is 5. The molecule has 1 aromatic rings. The minimum atomic E-state index is -3.04. The highest BCUT2D eigenvalue weighted by molar-refractivity contribution is 7.90. The Morgan fingerprint density at radius 2 is 1.97 bits per heavy atom. The fourth-order valence-corrected chi connectivity index (χ4v) is 5.53. The summed E-state index contributed by atoms with van der Waals surface area (Å²) in [6.45, 7) is 7.18. The number of hydrazine groups is 1. The summed E-state index contributed by atoms with van der Waals surface area (Å²) in [5.74, 6) is 0.161. The molecule has 0 bridgehead atoms. The first-order chi connectivity index (χ1) is 16.1. The summed E-state index contributed by atoms with van der Waals surface area (Å²) >= 11 is 0. The predicted molar refractivity (Wildman–Crippen MR) is 131 cm³/mol. The summed E-state index contributed by atoms with van der Waals surface area (Å²) in [7, 11) is -3.04. The summed E-state index contributed by atoms with van der Waals surface area (Å²) in [5, 5.41) is 5.19. The summed E-state index contributed by atoms with van der Waals surface area (Å²) < 4.78 is 28.9. The van der Waals surface area contributed by atoms with Crippen molar-refractivity contribution >= 4 is 33.2 Å². The Kier molecular flexibility index (Phi) is 7.46. The van der Waals surface area contributed by atoms with E-state index in [-0.39, 0.29) is 35.8 Å². The molecule has 188 valence electrons. The first kappa shape index (κ1) is 24.9. The van der Waals surface area contributed by atoms with E-state index in [9.17, 15) is 18.0 Å². The zero-order chi connectivity index (χ0) is 24.5. The van der Waals surface area contributed by atoms with Crippen molar-refractivity contribution in [1.29, 1.82) is 0 Å². The molecule has 3 aliphatic heterocycles. The second-order valence-electron chi connectivity index (χ2n) is 9.58. The van der Waals surface area contributed by atoms with Crippen LogP contribution in [0.4, 0.5) is 16.2 Å². The Hall–Kier alpha value is -2.21. The van der Waals surface area contributed by atoms with E-state index in [2.05, 4.69) is 10.7 Å². The molecule has 4 rings (SSSR count). The molecule has 2 fully saturated rings. The Bertz CT molecular complexity index is 1030. The van der Waals surface area contributed by atoms with Gasteiger partial charge in [0.2, 0.25) is 5.91 Å². The summed E-state index contributed by atoms with van der Waals surface area (Å²) in [6, 6.07) is 5.70. The van der Waals surface area contributed by atoms with E-state index in [1.807, 2.05) is 30.1 Å². The number of ether oxygens (including phenoxy) is 1. The zero-order valence-corrected chi connectivity index (χ0v) is 20.9. The molecule has 0 saturated carbocycles. The van der Waals surface area contributed by atoms with Crippen molar-refractivity contribution in [3.8, 4) is 0 Å². The number of nitrogens with one attached hydrogen (secondary N) is 2. The molecule has 2 unspecified atom stereocenters. The van der Waals surface area contributed by atoms with Gasteiger partial charge in [0.05, 0.1) is 23.2 Å². The van der Waals surface area contributed by atoms with E-state index in [1.165, 1.54) is 13.2 Å². The lowest BCUT2D eigenvalue weighted by atomic mass is 9.97. The van der Waals surface area contributed by atoms with Crippen LogP contribution in [0, 0.1) is 0 Å². The Morgan fingerprint density at radius 1 is 1.18 bits per heavy atom. The highest BCUT2D eigenvalue weighted by atomic mass is 32.2. The van der Waals surface area contributed by atoms with Gasteiger partial charge in [0.15, 0.2) is 0 Å². The lowest BCUT2D eigenvalue weighted by Gasteiger charge is -2.41. The lowest BCUT2D eigenvalue weighted by molar-refractivity contribution is -0.117. The van der Waals surface area contributed by atoms with Crippen LogP contribution in [-0.4, -0.2) is 88.9 Å². The number of carbonyl (C=O) groups is 2. The van der Waals surface area contributed by atoms with Crippen molar-refractivity contribution in [3.63, 3.8) is 0 Å². The van der Waals surface area contributed by atoms with E-state index in [4.69, 9.17) is 4.74 Å². The average Bonchev–Trinajstić information content (AvgIpc) is 3.26. The van der Waals surface area contributed by atoms with Gasteiger partial charge in [0.25, 0.3) is 0 Å². The molecule has 3 aliphatic rings. The molecule has 3 heterocycles. The quantitative estimate of drug-likeness (QED) is 0.627. The average molecular weight is 494 g/mol. The number of nitrogens with zero attached hydrogens (tertiary/aromatic N) is 3. The molecule has 1 aromatic carbocycles. The van der Waals surface area contributed by atoms with Crippen LogP contribution in [0.25, 0.3) is 0 Å². The second-order valence-corrected chi connectivity index (χ2v) is 11.8. The number of anilines is 2. The van der Waals surface area contributed by atoms with E-state index in [0.29, 0.717) is 44.1 Å². The van der Waals surface area contributed by atoms with Crippen molar-refractivity contribution < 1.29 is 22.7 Å². The number of piperidine rings is 1. The van der Waals surface area contributed by atoms with Crippen LogP contribution in [0.3, 0.4) is 0 Å². The molecule has 11 heteroatoms. The first-order valence-electron chi connectivity index (χ1n) is 11.9. The van der Waals surface area contributed by atoms with Gasteiger partial charge >= 0.3 is 6.09 Å². The number of hydrogen-bond acceptors (Lipinski definition) is 8. The van der Waals surface area contributed by atoms with Crippen LogP contribution in [0.2, 0.25) is 0 Å². The van der Waals surface area contributed by atoms with Gasteiger partial charge in [-0.2, -0.15) is 0 Å². The molecule has 10 nitrogen and oxygen atoms in total. The van der Waals surface area contributed by atoms with Crippen molar-refractivity contribution in [2.45, 2.75) is 44.8 Å². The van der Waals surface area contributed by atoms with Crippen LogP contribution in [-0.2, 0) is 19.4 Å². The predicted octanol–water partition coefficient (Wildman–Crippen LogP) is 1.09. The third-order valence-electron chi connectivity index (χ3n) is 6.72. The van der Waals surface area contributed by atoms with Gasteiger partial charge in [-0.25, -0.2) is 18.2 Å². The standard InChI is InChI=1S/C23H35N5O5S/c1-16-14-27(23(30)33-20-5-4-8-24-13-20)22-11-18(6-7-21(22)28(16)17(2)29)19-12-25-26(15-19)9-10-34(3,31)32/h6-7,11,16,19-20,24-25H,4-5,8-10,12-15H2,1-3H3/t16-,19?,20?/m0/s1. The molecule has 0 spiro atoms. The molecular weight excluding hydrogens is 458 g/mol. The molecule has 0 radical (unpaired) electrons. The van der Waals surface area contributed by atoms with Crippen LogP contribution >= 0.6 is 0 Å². The molecule has 34 heavy (non-hydrogen) atoms. The maximum absolute atomic E-state index is 13.2. The second kappa shape index (κ2) is 10.2. The third-order valence-corrected chi connectivity index (χ3v) is 7.65. The first-order valence-corrected chi connectivity index (χ1v) is 14.0. The van der Waals surface area contributed by atoms with Crippen molar-refractivity contribution in [3.05, 3.63) is 23.8 Å². The number of sulfone groups is 1. The number of fused-ring (bicyclic) bond motifs is 1. The Labute approximate surface area is 201 Å². The molecular formula is C23H35N5O5S. The maximum Gasteiger partial charge on any atom is 0.414 e. The van der Waals surface area contributed by atoms with Gasteiger partial charge in [-0.05, 0) is 44.0 Å². The molecule has 0 aliphatic carbocycles. The number of hydrogen-bond donors (Lipinski definition) is 2. The third kappa shape index (κ3) is 5.70. The number of amides is 2. The topological polar surface area (TPSA) is 111 Å². The van der Waals surface area contributed by atoms with Gasteiger partial charge in [0.1, 0.15) is 15.9 Å². The maximum atomic E-state index is 13.2. The summed E-state index contributed by atoms with van der Waals surface area (Å²) in [4.78, 5) is 29.0. The number of carbonyl (C=O) groups excluding carboxylic acids is 2. The van der Waals surface area contributed by atoms with Crippen LogP contribution in [0.1, 0.15) is 38.2 Å². The van der Waals surface area contributed by atoms with Gasteiger partial charge in [-0.1, -0.05) is 6.07 Å². The van der Waals surface area contributed by atoms with Gasteiger partial charge in [-0.3, -0.25) is 15.1 Å². The molecule has 2 saturated heterocycles. The van der Waals surface area contributed by atoms with Gasteiger partial charge in [-0.15, -0.1) is 0 Å². The normalized spacial score (nSPS) is 25.8. The summed E-state index contributed by atoms with van der Waals surface area (Å²) in [5.41, 5.74) is 5.68. The fourth-order valence-electron chi connectivity index (χ4n) is 4.98. The molecule has 3 atom stereocenters. The fraction of sp³-hybridized carbons (Fsp3) is 0.652. The number of benzene rings is 1. The van der Waals surface area contributed by atoms with Crippen LogP contribution < -0.4 is 20.5 Å². The smallest absolute Gasteiger partial charge is 0.414 e. The van der Waals surface area contributed by atoms with E-state index >= 15 is 0 Å². The highest BCUT2D eigenvalue weighted by Gasteiger charge is 2.36. The molecule has 2 amide bonds. The molecule has 2 N–H and O–H groups in total. The van der Waals surface area contributed by atoms with Crippen molar-refractivity contribution in [2.24, 2.45) is 0 Å². The largest absolute Gasteiger partial charge is 0.444 e.